The zero-order valence-corrected chi connectivity index (χ0v) is 18.8. The van der Waals surface area contributed by atoms with E-state index in [1.807, 2.05) is 78.9 Å². The third-order valence-electron chi connectivity index (χ3n) is 4.82. The van der Waals surface area contributed by atoms with E-state index >= 15 is 0 Å². The Morgan fingerprint density at radius 3 is 2.22 bits per heavy atom. The van der Waals surface area contributed by atoms with Gasteiger partial charge in [0.1, 0.15) is 5.75 Å². The average molecular weight is 447 g/mol. The molecule has 0 aliphatic carbocycles. The van der Waals surface area contributed by atoms with Crippen molar-refractivity contribution in [2.75, 3.05) is 26.2 Å². The van der Waals surface area contributed by atoms with Gasteiger partial charge in [0.25, 0.3) is 5.91 Å². The maximum atomic E-state index is 13.4. The van der Waals surface area contributed by atoms with Crippen molar-refractivity contribution in [3.63, 3.8) is 0 Å². The lowest BCUT2D eigenvalue weighted by Crippen LogP contribution is -2.28. The van der Waals surface area contributed by atoms with Gasteiger partial charge in [-0.15, -0.1) is 0 Å². The van der Waals surface area contributed by atoms with Gasteiger partial charge in [-0.1, -0.05) is 24.3 Å². The first-order chi connectivity index (χ1) is 15.6. The third kappa shape index (κ3) is 4.48. The molecule has 1 fully saturated rings. The van der Waals surface area contributed by atoms with Crippen molar-refractivity contribution < 1.29 is 19.0 Å². The van der Waals surface area contributed by atoms with E-state index in [1.54, 1.807) is 26.2 Å². The summed E-state index contributed by atoms with van der Waals surface area (Å²) in [5.41, 5.74) is 2.32. The fraction of sp³-hybridized carbons (Fsp3) is 0.120. The molecule has 162 valence electrons. The van der Waals surface area contributed by atoms with E-state index in [9.17, 15) is 4.79 Å². The van der Waals surface area contributed by atoms with E-state index in [0.717, 1.165) is 22.7 Å². The molecule has 32 heavy (non-hydrogen) atoms. The van der Waals surface area contributed by atoms with E-state index in [-0.39, 0.29) is 5.91 Å². The number of para-hydroxylation sites is 1. The number of anilines is 1. The van der Waals surface area contributed by atoms with E-state index in [0.29, 0.717) is 21.6 Å². The fourth-order valence-corrected chi connectivity index (χ4v) is 4.22. The standard InChI is InChI=1S/C25H22N2O4S/c1-29-20-12-10-18(11-13-20)26-25-27(19-7-5-4-6-8-19)24(28)23(32-25)16-17-9-14-21(30-2)22(15-17)31-3/h4-16H,1-3H3/b23-16-,26-25?. The Bertz CT molecular complexity index is 1170. The van der Waals surface area contributed by atoms with Crippen molar-refractivity contribution >= 4 is 40.3 Å². The molecular formula is C25H22N2O4S. The summed E-state index contributed by atoms with van der Waals surface area (Å²) in [6.07, 6.45) is 1.83. The molecule has 0 atom stereocenters. The molecule has 0 N–H and O–H groups in total. The molecule has 0 spiro atoms. The number of amidine groups is 1. The van der Waals surface area contributed by atoms with Crippen LogP contribution >= 0.6 is 11.8 Å². The van der Waals surface area contributed by atoms with Crippen LogP contribution in [0.2, 0.25) is 0 Å². The van der Waals surface area contributed by atoms with Gasteiger partial charge >= 0.3 is 0 Å². The SMILES string of the molecule is COc1ccc(N=C2S/C(=C\c3ccc(OC)c(OC)c3)C(=O)N2c2ccccc2)cc1. The molecule has 0 saturated carbocycles. The van der Waals surface area contributed by atoms with Crippen LogP contribution in [-0.4, -0.2) is 32.4 Å². The first-order valence-electron chi connectivity index (χ1n) is 9.86. The summed E-state index contributed by atoms with van der Waals surface area (Å²) in [4.78, 5) is 20.3. The van der Waals surface area contributed by atoms with Gasteiger partial charge in [-0.05, 0) is 71.9 Å². The Kier molecular flexibility index (Phi) is 6.47. The Morgan fingerprint density at radius 1 is 0.844 bits per heavy atom. The van der Waals surface area contributed by atoms with Crippen molar-refractivity contribution in [3.05, 3.63) is 83.3 Å². The smallest absolute Gasteiger partial charge is 0.271 e. The monoisotopic (exact) mass is 446 g/mol. The number of nitrogens with zero attached hydrogens (tertiary/aromatic N) is 2. The molecule has 1 heterocycles. The van der Waals surface area contributed by atoms with Crippen LogP contribution in [0.15, 0.2) is 82.7 Å². The molecule has 4 rings (SSSR count). The largest absolute Gasteiger partial charge is 0.497 e. The van der Waals surface area contributed by atoms with Crippen LogP contribution < -0.4 is 19.1 Å². The van der Waals surface area contributed by atoms with Gasteiger partial charge in [-0.3, -0.25) is 9.69 Å². The Balaban J connectivity index is 1.73. The second-order valence-corrected chi connectivity index (χ2v) is 7.80. The van der Waals surface area contributed by atoms with E-state index < -0.39 is 0 Å². The highest BCUT2D eigenvalue weighted by molar-refractivity contribution is 8.19. The second-order valence-electron chi connectivity index (χ2n) is 6.79. The predicted molar refractivity (Wildman–Crippen MR) is 129 cm³/mol. The van der Waals surface area contributed by atoms with Gasteiger partial charge in [-0.2, -0.15) is 0 Å². The van der Waals surface area contributed by atoms with Gasteiger partial charge < -0.3 is 14.2 Å². The summed E-state index contributed by atoms with van der Waals surface area (Å²) in [5, 5.41) is 0.582. The van der Waals surface area contributed by atoms with Crippen molar-refractivity contribution in [3.8, 4) is 17.2 Å². The lowest BCUT2D eigenvalue weighted by atomic mass is 10.2. The molecule has 3 aromatic carbocycles. The van der Waals surface area contributed by atoms with Crippen LogP contribution in [0.25, 0.3) is 6.08 Å². The molecule has 3 aromatic rings. The topological polar surface area (TPSA) is 60.4 Å². The zero-order valence-electron chi connectivity index (χ0n) is 17.9. The van der Waals surface area contributed by atoms with Gasteiger partial charge in [0.05, 0.1) is 37.6 Å². The van der Waals surface area contributed by atoms with Crippen LogP contribution in [0.1, 0.15) is 5.56 Å². The van der Waals surface area contributed by atoms with Gasteiger partial charge in [0, 0.05) is 0 Å². The van der Waals surface area contributed by atoms with Crippen LogP contribution in [-0.2, 0) is 4.79 Å². The number of benzene rings is 3. The summed E-state index contributed by atoms with van der Waals surface area (Å²) in [7, 11) is 4.79. The maximum absolute atomic E-state index is 13.4. The Hall–Kier alpha value is -3.71. The van der Waals surface area contributed by atoms with E-state index in [2.05, 4.69) is 0 Å². The minimum atomic E-state index is -0.136. The number of carbonyl (C=O) groups excluding carboxylic acids is 1. The quantitative estimate of drug-likeness (QED) is 0.467. The molecule has 0 aromatic heterocycles. The van der Waals surface area contributed by atoms with Crippen molar-refractivity contribution in [2.45, 2.75) is 0 Å². The van der Waals surface area contributed by atoms with Crippen LogP contribution in [0.3, 0.4) is 0 Å². The number of methoxy groups -OCH3 is 3. The Labute approximate surface area is 191 Å². The number of hydrogen-bond acceptors (Lipinski definition) is 6. The number of amides is 1. The summed E-state index contributed by atoms with van der Waals surface area (Å²) in [6, 6.07) is 22.4. The molecule has 1 saturated heterocycles. The minimum Gasteiger partial charge on any atom is -0.497 e. The minimum absolute atomic E-state index is 0.136. The number of carbonyl (C=O) groups is 1. The summed E-state index contributed by atoms with van der Waals surface area (Å²) in [6.45, 7) is 0. The molecule has 1 amide bonds. The number of hydrogen-bond donors (Lipinski definition) is 0. The molecule has 7 heteroatoms. The molecule has 0 bridgehead atoms. The first kappa shape index (κ1) is 21.5. The van der Waals surface area contributed by atoms with Gasteiger partial charge in [0.15, 0.2) is 16.7 Å². The van der Waals surface area contributed by atoms with Crippen LogP contribution in [0.5, 0.6) is 17.2 Å². The lowest BCUT2D eigenvalue weighted by molar-refractivity contribution is -0.113. The van der Waals surface area contributed by atoms with Crippen LogP contribution in [0.4, 0.5) is 11.4 Å². The van der Waals surface area contributed by atoms with E-state index in [1.165, 1.54) is 11.8 Å². The molecule has 1 aliphatic heterocycles. The first-order valence-corrected chi connectivity index (χ1v) is 10.7. The highest BCUT2D eigenvalue weighted by Gasteiger charge is 2.34. The van der Waals surface area contributed by atoms with Gasteiger partial charge in [0.2, 0.25) is 0 Å². The normalized spacial score (nSPS) is 16.0. The molecule has 0 unspecified atom stereocenters. The highest BCUT2D eigenvalue weighted by Crippen LogP contribution is 2.38. The molecule has 1 aliphatic rings. The third-order valence-corrected chi connectivity index (χ3v) is 5.79. The number of aliphatic imine (C=N–C) groups is 1. The zero-order chi connectivity index (χ0) is 22.5. The fourth-order valence-electron chi connectivity index (χ4n) is 3.21. The summed E-state index contributed by atoms with van der Waals surface area (Å²) < 4.78 is 15.9. The highest BCUT2D eigenvalue weighted by atomic mass is 32.2. The average Bonchev–Trinajstić information content (AvgIpc) is 3.14. The Morgan fingerprint density at radius 2 is 1.56 bits per heavy atom. The maximum Gasteiger partial charge on any atom is 0.271 e. The summed E-state index contributed by atoms with van der Waals surface area (Å²) in [5.74, 6) is 1.85. The number of thioether (sulfide) groups is 1. The predicted octanol–water partition coefficient (Wildman–Crippen LogP) is 5.52. The second kappa shape index (κ2) is 9.62. The molecule has 6 nitrogen and oxygen atoms in total. The van der Waals surface area contributed by atoms with Gasteiger partial charge in [-0.25, -0.2) is 4.99 Å². The lowest BCUT2D eigenvalue weighted by Gasteiger charge is -2.15. The van der Waals surface area contributed by atoms with Crippen molar-refractivity contribution in [1.29, 1.82) is 0 Å². The number of rotatable bonds is 6. The number of ether oxygens (including phenoxy) is 3. The van der Waals surface area contributed by atoms with Crippen LogP contribution in [0, 0.1) is 0 Å². The van der Waals surface area contributed by atoms with Crippen molar-refractivity contribution in [1.82, 2.24) is 0 Å². The summed E-state index contributed by atoms with van der Waals surface area (Å²) >= 11 is 1.33. The molecule has 0 radical (unpaired) electrons. The molecular weight excluding hydrogens is 424 g/mol. The van der Waals surface area contributed by atoms with Crippen molar-refractivity contribution in [2.24, 2.45) is 4.99 Å². The van der Waals surface area contributed by atoms with E-state index in [4.69, 9.17) is 19.2 Å².